The Morgan fingerprint density at radius 2 is 2.14 bits per heavy atom. The molecule has 1 atom stereocenters. The van der Waals surface area contributed by atoms with Crippen LogP contribution in [0.15, 0.2) is 10.2 Å². The van der Waals surface area contributed by atoms with Crippen molar-refractivity contribution in [2.45, 2.75) is 58.0 Å². The van der Waals surface area contributed by atoms with Crippen molar-refractivity contribution in [1.29, 1.82) is 0 Å². The summed E-state index contributed by atoms with van der Waals surface area (Å²) in [6.07, 6.45) is 3.78. The summed E-state index contributed by atoms with van der Waals surface area (Å²) in [5.74, 6) is -0.800. The van der Waals surface area contributed by atoms with E-state index in [0.29, 0.717) is 25.9 Å². The van der Waals surface area contributed by atoms with Gasteiger partial charge in [-0.1, -0.05) is 11.3 Å². The summed E-state index contributed by atoms with van der Waals surface area (Å²) in [7, 11) is 0. The molecule has 1 amide bonds. The third kappa shape index (κ3) is 4.19. The number of carbonyl (C=O) groups excluding carboxylic acids is 1. The van der Waals surface area contributed by atoms with Crippen molar-refractivity contribution < 1.29 is 14.7 Å². The quantitative estimate of drug-likeness (QED) is 0.865. The van der Waals surface area contributed by atoms with Crippen LogP contribution in [0.2, 0.25) is 0 Å². The number of rotatable bonds is 6. The van der Waals surface area contributed by atoms with Crippen molar-refractivity contribution in [2.24, 2.45) is 0 Å². The van der Waals surface area contributed by atoms with E-state index in [0.717, 1.165) is 36.3 Å². The number of carboxylic acid groups (broad SMARTS) is 1. The maximum atomic E-state index is 12.4. The van der Waals surface area contributed by atoms with Crippen LogP contribution >= 0.6 is 11.3 Å². The Labute approximate surface area is 133 Å². The van der Waals surface area contributed by atoms with E-state index in [9.17, 15) is 14.4 Å². The Hall–Kier alpha value is -1.63. The minimum Gasteiger partial charge on any atom is -0.481 e. The van der Waals surface area contributed by atoms with Crippen LogP contribution < -0.4 is 4.87 Å². The monoisotopic (exact) mass is 326 g/mol. The van der Waals surface area contributed by atoms with Crippen molar-refractivity contribution in [2.75, 3.05) is 6.54 Å². The fraction of sp³-hybridized carbons (Fsp3) is 0.667. The summed E-state index contributed by atoms with van der Waals surface area (Å²) in [5, 5.41) is 10.6. The molecule has 1 N–H and O–H groups in total. The van der Waals surface area contributed by atoms with E-state index in [4.69, 9.17) is 5.11 Å². The SMILES string of the molecule is Cc1csc(=O)n1CCC(=O)N1CCCCC1CCC(=O)O. The fourth-order valence-corrected chi connectivity index (χ4v) is 3.71. The fourth-order valence-electron chi connectivity index (χ4n) is 2.94. The molecule has 0 aromatic carbocycles. The zero-order chi connectivity index (χ0) is 16.1. The van der Waals surface area contributed by atoms with Gasteiger partial charge < -0.3 is 14.6 Å². The lowest BCUT2D eigenvalue weighted by Crippen LogP contribution is -2.44. The van der Waals surface area contributed by atoms with Crippen molar-refractivity contribution in [3.05, 3.63) is 20.7 Å². The van der Waals surface area contributed by atoms with Gasteiger partial charge in [0.2, 0.25) is 5.91 Å². The number of piperidine rings is 1. The van der Waals surface area contributed by atoms with Gasteiger partial charge in [0.05, 0.1) is 0 Å². The first-order valence-electron chi connectivity index (χ1n) is 7.65. The average molecular weight is 326 g/mol. The van der Waals surface area contributed by atoms with Crippen LogP contribution in [0.3, 0.4) is 0 Å². The Morgan fingerprint density at radius 1 is 1.36 bits per heavy atom. The van der Waals surface area contributed by atoms with Crippen LogP contribution in [0.1, 0.15) is 44.2 Å². The second-order valence-electron chi connectivity index (χ2n) is 5.71. The molecule has 0 bridgehead atoms. The van der Waals surface area contributed by atoms with Gasteiger partial charge in [0, 0.05) is 43.0 Å². The standard InChI is InChI=1S/C15H22N2O4S/c1-11-10-22-15(21)16(11)9-7-13(18)17-8-3-2-4-12(17)5-6-14(19)20/h10,12H,2-9H2,1H3,(H,19,20). The average Bonchev–Trinajstić information content (AvgIpc) is 2.82. The van der Waals surface area contributed by atoms with E-state index in [2.05, 4.69) is 0 Å². The van der Waals surface area contributed by atoms with E-state index in [1.54, 1.807) is 9.95 Å². The van der Waals surface area contributed by atoms with Crippen molar-refractivity contribution in [3.8, 4) is 0 Å². The lowest BCUT2D eigenvalue weighted by molar-refractivity contribution is -0.140. The number of hydrogen-bond donors (Lipinski definition) is 1. The molecule has 0 aliphatic carbocycles. The molecule has 7 heteroatoms. The first-order valence-corrected chi connectivity index (χ1v) is 8.53. The summed E-state index contributed by atoms with van der Waals surface area (Å²) in [5.41, 5.74) is 0.879. The molecule has 0 saturated carbocycles. The molecular weight excluding hydrogens is 304 g/mol. The second-order valence-corrected chi connectivity index (χ2v) is 6.53. The maximum absolute atomic E-state index is 12.4. The molecule has 1 fully saturated rings. The molecule has 122 valence electrons. The van der Waals surface area contributed by atoms with Crippen LogP contribution in [-0.4, -0.2) is 39.0 Å². The highest BCUT2D eigenvalue weighted by atomic mass is 32.1. The number of aliphatic carboxylic acids is 1. The molecule has 1 aromatic rings. The highest BCUT2D eigenvalue weighted by Gasteiger charge is 2.26. The number of aromatic nitrogens is 1. The number of likely N-dealkylation sites (tertiary alicyclic amines) is 1. The molecule has 1 aliphatic heterocycles. The van der Waals surface area contributed by atoms with Crippen molar-refractivity contribution in [3.63, 3.8) is 0 Å². The summed E-state index contributed by atoms with van der Waals surface area (Å²) in [6, 6.07) is 0.0256. The van der Waals surface area contributed by atoms with Gasteiger partial charge in [-0.3, -0.25) is 14.4 Å². The zero-order valence-corrected chi connectivity index (χ0v) is 13.6. The number of nitrogens with zero attached hydrogens (tertiary/aromatic N) is 2. The van der Waals surface area contributed by atoms with Gasteiger partial charge in [-0.05, 0) is 32.6 Å². The summed E-state index contributed by atoms with van der Waals surface area (Å²) in [6.45, 7) is 2.95. The van der Waals surface area contributed by atoms with E-state index >= 15 is 0 Å². The van der Waals surface area contributed by atoms with Crippen LogP contribution in [0.5, 0.6) is 0 Å². The number of carboxylic acids is 1. The Kier molecular flexibility index (Phi) is 5.76. The van der Waals surface area contributed by atoms with Crippen molar-refractivity contribution >= 4 is 23.2 Å². The number of amides is 1. The molecule has 1 saturated heterocycles. The molecule has 1 aromatic heterocycles. The number of thiazole rings is 1. The van der Waals surface area contributed by atoms with E-state index in [1.807, 2.05) is 11.8 Å². The van der Waals surface area contributed by atoms with Gasteiger partial charge in [0.1, 0.15) is 0 Å². The number of carbonyl (C=O) groups is 2. The molecule has 0 spiro atoms. The highest BCUT2D eigenvalue weighted by molar-refractivity contribution is 7.07. The van der Waals surface area contributed by atoms with Gasteiger partial charge >= 0.3 is 10.8 Å². The van der Waals surface area contributed by atoms with Gasteiger partial charge in [-0.25, -0.2) is 0 Å². The van der Waals surface area contributed by atoms with Crippen LogP contribution in [0.25, 0.3) is 0 Å². The number of hydrogen-bond acceptors (Lipinski definition) is 4. The van der Waals surface area contributed by atoms with Crippen molar-refractivity contribution in [1.82, 2.24) is 9.47 Å². The molecule has 1 aliphatic rings. The first kappa shape index (κ1) is 16.7. The second kappa shape index (κ2) is 7.58. The summed E-state index contributed by atoms with van der Waals surface area (Å²) in [4.78, 5) is 36.6. The summed E-state index contributed by atoms with van der Waals surface area (Å²) >= 11 is 1.15. The normalized spacial score (nSPS) is 18.4. The molecule has 2 heterocycles. The van der Waals surface area contributed by atoms with Crippen LogP contribution in [0, 0.1) is 6.92 Å². The predicted octanol–water partition coefficient (Wildman–Crippen LogP) is 1.85. The molecule has 1 unspecified atom stereocenters. The topological polar surface area (TPSA) is 79.6 Å². The van der Waals surface area contributed by atoms with Gasteiger partial charge in [-0.2, -0.15) is 0 Å². The molecular formula is C15H22N2O4S. The predicted molar refractivity (Wildman–Crippen MR) is 84.2 cm³/mol. The molecule has 6 nitrogen and oxygen atoms in total. The highest BCUT2D eigenvalue weighted by Crippen LogP contribution is 2.22. The van der Waals surface area contributed by atoms with E-state index < -0.39 is 5.97 Å². The molecule has 2 rings (SSSR count). The zero-order valence-electron chi connectivity index (χ0n) is 12.8. The van der Waals surface area contributed by atoms with Gasteiger partial charge in [-0.15, -0.1) is 0 Å². The smallest absolute Gasteiger partial charge is 0.307 e. The molecule has 22 heavy (non-hydrogen) atoms. The Morgan fingerprint density at radius 3 is 2.77 bits per heavy atom. The van der Waals surface area contributed by atoms with Crippen LogP contribution in [-0.2, 0) is 16.1 Å². The largest absolute Gasteiger partial charge is 0.481 e. The lowest BCUT2D eigenvalue weighted by Gasteiger charge is -2.35. The third-order valence-corrected chi connectivity index (χ3v) is 5.05. The van der Waals surface area contributed by atoms with E-state index in [-0.39, 0.29) is 23.2 Å². The minimum atomic E-state index is -0.821. The minimum absolute atomic E-state index is 0.0209. The summed E-state index contributed by atoms with van der Waals surface area (Å²) < 4.78 is 1.62. The number of aryl methyl sites for hydroxylation is 1. The Balaban J connectivity index is 1.94. The van der Waals surface area contributed by atoms with E-state index in [1.165, 1.54) is 0 Å². The van der Waals surface area contributed by atoms with Crippen LogP contribution in [0.4, 0.5) is 0 Å². The van der Waals surface area contributed by atoms with Gasteiger partial charge in [0.15, 0.2) is 0 Å². The first-order chi connectivity index (χ1) is 10.5. The Bertz CT molecular complexity index is 593. The maximum Gasteiger partial charge on any atom is 0.307 e. The molecule has 0 radical (unpaired) electrons. The lowest BCUT2D eigenvalue weighted by atomic mass is 9.97. The van der Waals surface area contributed by atoms with Gasteiger partial charge in [0.25, 0.3) is 0 Å². The third-order valence-electron chi connectivity index (χ3n) is 4.16.